The van der Waals surface area contributed by atoms with Gasteiger partial charge < -0.3 is 37.0 Å². The van der Waals surface area contributed by atoms with Gasteiger partial charge in [-0.15, -0.1) is 0 Å². The molecule has 0 bridgehead atoms. The fourth-order valence-electron chi connectivity index (χ4n) is 7.89. The summed E-state index contributed by atoms with van der Waals surface area (Å²) >= 11 is 3.47. The summed E-state index contributed by atoms with van der Waals surface area (Å²) in [6.45, 7) is 45.8. The lowest BCUT2D eigenvalue weighted by Gasteiger charge is -2.56. The quantitative estimate of drug-likeness (QED) is 0.0652. The number of aliphatic hydroxyl groups is 1. The van der Waals surface area contributed by atoms with Crippen LogP contribution in [0.1, 0.15) is 132 Å². The highest BCUT2D eigenvalue weighted by molar-refractivity contribution is 9.11. The molecule has 0 spiro atoms. The average Bonchev–Trinajstić information content (AvgIpc) is 3.19. The zero-order valence-corrected chi connectivity index (χ0v) is 49.7. The highest BCUT2D eigenvalue weighted by Gasteiger charge is 2.58. The lowest BCUT2D eigenvalue weighted by atomic mass is 9.87. The number of carbonyl (C=O) groups is 1. The molecule has 2 saturated heterocycles. The summed E-state index contributed by atoms with van der Waals surface area (Å²) in [7, 11) is -9.09. The predicted molar refractivity (Wildman–Crippen MR) is 283 cm³/mol. The van der Waals surface area contributed by atoms with E-state index in [9.17, 15) is 9.90 Å². The van der Waals surface area contributed by atoms with Gasteiger partial charge in [0, 0.05) is 13.0 Å². The van der Waals surface area contributed by atoms with Crippen molar-refractivity contribution in [3.8, 4) is 0 Å². The molecule has 14 heteroatoms. The summed E-state index contributed by atoms with van der Waals surface area (Å²) in [6.07, 6.45) is 3.79. The molecule has 2 fully saturated rings. The lowest BCUT2D eigenvalue weighted by molar-refractivity contribution is -0.267. The number of esters is 1. The van der Waals surface area contributed by atoms with Crippen molar-refractivity contribution in [2.24, 2.45) is 0 Å². The van der Waals surface area contributed by atoms with Crippen LogP contribution < -0.4 is 0 Å². The number of hydrogen-bond acceptors (Lipinski definition) is 9. The van der Waals surface area contributed by atoms with Crippen molar-refractivity contribution in [2.45, 2.75) is 249 Å². The van der Waals surface area contributed by atoms with Crippen LogP contribution in [-0.2, 0) is 31.9 Å². The highest BCUT2D eigenvalue weighted by atomic mass is 79.9. The molecule has 1 aromatic carbocycles. The number of hydrogen-bond donors (Lipinski definition) is 1. The molecule has 2 aliphatic heterocycles. The predicted octanol–water partition coefficient (Wildman–Crippen LogP) is 14.1. The van der Waals surface area contributed by atoms with E-state index in [0.29, 0.717) is 31.4 Å². The Kier molecular flexibility index (Phi) is 21.5. The van der Waals surface area contributed by atoms with Gasteiger partial charge in [0.2, 0.25) is 0 Å². The Morgan fingerprint density at radius 3 is 1.85 bits per heavy atom. The maximum Gasteiger partial charge on any atom is 0.338 e. The summed E-state index contributed by atoms with van der Waals surface area (Å²) in [5.41, 5.74) is 0.486. The molecule has 65 heavy (non-hydrogen) atoms. The molecule has 374 valence electrons. The third kappa shape index (κ3) is 16.4. The summed E-state index contributed by atoms with van der Waals surface area (Å²) in [5, 5.41) is 11.4. The molecule has 9 nitrogen and oxygen atoms in total. The van der Waals surface area contributed by atoms with Gasteiger partial charge in [0.05, 0.1) is 30.0 Å². The van der Waals surface area contributed by atoms with Crippen molar-refractivity contribution in [3.63, 3.8) is 0 Å². The van der Waals surface area contributed by atoms with E-state index in [2.05, 4.69) is 145 Å². The Morgan fingerprint density at radius 2 is 1.34 bits per heavy atom. The first-order valence-corrected chi connectivity index (χ1v) is 36.8. The van der Waals surface area contributed by atoms with E-state index >= 15 is 0 Å². The van der Waals surface area contributed by atoms with Crippen LogP contribution in [0.4, 0.5) is 0 Å². The zero-order chi connectivity index (χ0) is 49.4. The fourth-order valence-corrected chi connectivity index (χ4v) is 14.8. The standard InChI is InChI=1S/C51H93BrO9Si4/c1-20-65(21-2,22-3)55-35-34-40-31-33-42-44(56-40)46(60-63(16,17)50(8,9)10)47(61-64(18,19)51(11,12)13)45(58-42)43(59-62(14,15)49(5,6)7)32-29-39(53)28-30-41(36-37(4)52)57-48(54)38-26-24-23-25-27-38/h23-27,29,32,39-47,53H,4,20-22,28,30-31,33-36H2,1-3,5-19H3/t39?,40-,41?,42+,43?,44+,45+,46+,47-/m1/s1. The summed E-state index contributed by atoms with van der Waals surface area (Å²) in [5.74, 6) is -0.397. The number of fused-ring (bicyclic) bond motifs is 1. The molecular weight excluding hydrogens is 949 g/mol. The van der Waals surface area contributed by atoms with Crippen molar-refractivity contribution in [2.75, 3.05) is 6.61 Å². The number of ether oxygens (including phenoxy) is 3. The smallest absolute Gasteiger partial charge is 0.338 e. The van der Waals surface area contributed by atoms with Gasteiger partial charge in [-0.2, -0.15) is 0 Å². The first kappa shape index (κ1) is 58.6. The topological polar surface area (TPSA) is 102 Å². The zero-order valence-electron chi connectivity index (χ0n) is 44.1. The van der Waals surface area contributed by atoms with Gasteiger partial charge in [0.1, 0.15) is 30.5 Å². The van der Waals surface area contributed by atoms with Crippen molar-refractivity contribution in [1.82, 2.24) is 0 Å². The average molecular weight is 1040 g/mol. The molecule has 0 aliphatic carbocycles. The minimum atomic E-state index is -2.47. The van der Waals surface area contributed by atoms with Gasteiger partial charge in [-0.1, -0.05) is 136 Å². The molecule has 0 amide bonds. The third-order valence-electron chi connectivity index (χ3n) is 15.6. The molecule has 0 radical (unpaired) electrons. The van der Waals surface area contributed by atoms with E-state index in [1.165, 1.54) is 0 Å². The molecule has 0 aromatic heterocycles. The van der Waals surface area contributed by atoms with E-state index in [-0.39, 0.29) is 33.4 Å². The lowest BCUT2D eigenvalue weighted by Crippen LogP contribution is -2.69. The van der Waals surface area contributed by atoms with E-state index in [1.807, 2.05) is 30.4 Å². The Bertz CT molecular complexity index is 1660. The number of carbonyl (C=O) groups excluding carboxylic acids is 1. The molecule has 0 saturated carbocycles. The van der Waals surface area contributed by atoms with E-state index in [0.717, 1.165) is 41.9 Å². The van der Waals surface area contributed by atoms with Crippen LogP contribution in [0.15, 0.2) is 53.5 Å². The Labute approximate surface area is 409 Å². The van der Waals surface area contributed by atoms with Crippen LogP contribution in [0, 0.1) is 0 Å². The van der Waals surface area contributed by atoms with Crippen molar-refractivity contribution >= 4 is 55.2 Å². The third-order valence-corrected chi connectivity index (χ3v) is 34.1. The van der Waals surface area contributed by atoms with Crippen molar-refractivity contribution in [3.05, 3.63) is 59.1 Å². The van der Waals surface area contributed by atoms with Crippen molar-refractivity contribution in [1.29, 1.82) is 0 Å². The summed E-state index contributed by atoms with van der Waals surface area (Å²) in [4.78, 5) is 13.1. The van der Waals surface area contributed by atoms with Crippen LogP contribution >= 0.6 is 15.9 Å². The van der Waals surface area contributed by atoms with E-state index in [1.54, 1.807) is 12.1 Å². The normalized spacial score (nSPS) is 24.4. The van der Waals surface area contributed by atoms with Crippen LogP contribution in [0.2, 0.25) is 72.5 Å². The molecule has 3 rings (SSSR count). The highest BCUT2D eigenvalue weighted by Crippen LogP contribution is 2.47. The van der Waals surface area contributed by atoms with Gasteiger partial charge in [-0.3, -0.25) is 0 Å². The SMILES string of the molecule is C=C(Br)CC(CCC(O)C=CC(O[Si](C)(C)C(C)(C)C)[C@@H]1O[C@H]2CC[C@H](CCO[Si](CC)(CC)CC)O[C@@H]2[C@H](O[Si](C)(C)C(C)(C)C)[C@@H]1O[Si](C)(C)C(C)(C)C)OC(=O)c1ccccc1. The Balaban J connectivity index is 2.11. The monoisotopic (exact) mass is 1040 g/mol. The molecule has 2 aliphatic rings. The molecule has 3 unspecified atom stereocenters. The second-order valence-corrected chi connectivity index (χ2v) is 43.7. The maximum atomic E-state index is 13.1. The summed E-state index contributed by atoms with van der Waals surface area (Å²) < 4.78 is 50.8. The second kappa shape index (κ2) is 23.9. The molecule has 1 N–H and O–H groups in total. The summed E-state index contributed by atoms with van der Waals surface area (Å²) in [6, 6.07) is 12.4. The minimum Gasteiger partial charge on any atom is -0.458 e. The number of aliphatic hydroxyl groups excluding tert-OH is 1. The van der Waals surface area contributed by atoms with Gasteiger partial charge in [0.25, 0.3) is 0 Å². The molecule has 1 aromatic rings. The van der Waals surface area contributed by atoms with Crippen LogP contribution in [0.5, 0.6) is 0 Å². The van der Waals surface area contributed by atoms with Gasteiger partial charge in [0.15, 0.2) is 33.3 Å². The largest absolute Gasteiger partial charge is 0.458 e. The van der Waals surface area contributed by atoms with Crippen LogP contribution in [0.3, 0.4) is 0 Å². The van der Waals surface area contributed by atoms with Gasteiger partial charge in [-0.05, 0) is 121 Å². The maximum absolute atomic E-state index is 13.1. The number of rotatable bonds is 23. The van der Waals surface area contributed by atoms with Gasteiger partial charge in [-0.25, -0.2) is 4.79 Å². The van der Waals surface area contributed by atoms with E-state index in [4.69, 9.17) is 31.9 Å². The fraction of sp³-hybridized carbons (Fsp3) is 0.784. The number of benzene rings is 1. The molecule has 2 heterocycles. The first-order chi connectivity index (χ1) is 29.8. The van der Waals surface area contributed by atoms with E-state index < -0.39 is 75.9 Å². The van der Waals surface area contributed by atoms with Crippen molar-refractivity contribution < 1.29 is 41.8 Å². The number of halogens is 1. The molecule has 9 atom stereocenters. The second-order valence-electron chi connectivity index (χ2n) is 23.5. The Morgan fingerprint density at radius 1 is 0.800 bits per heavy atom. The van der Waals surface area contributed by atoms with Crippen LogP contribution in [0.25, 0.3) is 0 Å². The molecular formula is C51H93BrO9Si4. The van der Waals surface area contributed by atoms with Gasteiger partial charge >= 0.3 is 5.97 Å². The first-order valence-electron chi connectivity index (χ1n) is 24.8. The van der Waals surface area contributed by atoms with Crippen LogP contribution in [-0.4, -0.2) is 106 Å². The Hall–Kier alpha value is -0.762. The minimum absolute atomic E-state index is 0.0273.